The molecule has 0 amide bonds. The van der Waals surface area contributed by atoms with Gasteiger partial charge in [0.2, 0.25) is 0 Å². The summed E-state index contributed by atoms with van der Waals surface area (Å²) in [6, 6.07) is 0. The van der Waals surface area contributed by atoms with Gasteiger partial charge in [0.25, 0.3) is 0 Å². The number of hydrogen-bond acceptors (Lipinski definition) is 2. The van der Waals surface area contributed by atoms with Crippen molar-refractivity contribution in [3.63, 3.8) is 0 Å². The minimum absolute atomic E-state index is 0.455. The monoisotopic (exact) mass is 158 g/mol. The molecule has 0 saturated heterocycles. The van der Waals surface area contributed by atoms with E-state index in [2.05, 4.69) is 0 Å². The zero-order valence-corrected chi connectivity index (χ0v) is 6.91. The molecular weight excluding hydrogens is 144 g/mol. The van der Waals surface area contributed by atoms with Gasteiger partial charge < -0.3 is 9.90 Å². The summed E-state index contributed by atoms with van der Waals surface area (Å²) in [5.41, 5.74) is 0. The third-order valence-electron chi connectivity index (χ3n) is 1.54. The van der Waals surface area contributed by atoms with Gasteiger partial charge >= 0.3 is 5.97 Å². The maximum Gasteiger partial charge on any atom is 0.313 e. The highest BCUT2D eigenvalue weighted by Crippen LogP contribution is 2.10. The van der Waals surface area contributed by atoms with E-state index in [1.165, 1.54) is 0 Å². The summed E-state index contributed by atoms with van der Waals surface area (Å²) in [4.78, 5) is 20.5. The zero-order valence-electron chi connectivity index (χ0n) is 6.91. The first kappa shape index (κ1) is 10.1. The number of carbonyl (C=O) groups excluding carboxylic acids is 1. The van der Waals surface area contributed by atoms with Crippen molar-refractivity contribution in [1.82, 2.24) is 0 Å². The maximum absolute atomic E-state index is 10.3. The third-order valence-corrected chi connectivity index (χ3v) is 1.54. The number of aldehydes is 1. The number of hydrogen-bond donors (Lipinski definition) is 1. The van der Waals surface area contributed by atoms with Crippen LogP contribution in [0.2, 0.25) is 0 Å². The van der Waals surface area contributed by atoms with Crippen LogP contribution in [0, 0.1) is 11.8 Å². The predicted molar refractivity (Wildman–Crippen MR) is 41.3 cm³/mol. The summed E-state index contributed by atoms with van der Waals surface area (Å²) in [6.45, 7) is 4.01. The normalized spacial score (nSPS) is 13.0. The molecule has 3 heteroatoms. The van der Waals surface area contributed by atoms with Crippen LogP contribution in [0.3, 0.4) is 0 Å². The van der Waals surface area contributed by atoms with Crippen LogP contribution in [-0.4, -0.2) is 17.4 Å². The van der Waals surface area contributed by atoms with Crippen molar-refractivity contribution in [3.8, 4) is 0 Å². The molecule has 1 N–H and O–H groups in total. The molecule has 1 atom stereocenters. The highest BCUT2D eigenvalue weighted by Gasteiger charge is 2.15. The number of carboxylic acids is 1. The molecule has 0 aromatic heterocycles. The number of carboxylic acid groups (broad SMARTS) is 1. The van der Waals surface area contributed by atoms with E-state index in [0.29, 0.717) is 18.6 Å². The Kier molecular flexibility index (Phi) is 4.50. The number of rotatable bonds is 5. The lowest BCUT2D eigenvalue weighted by atomic mass is 9.99. The summed E-state index contributed by atoms with van der Waals surface area (Å²) in [6.07, 6.45) is 1.75. The lowest BCUT2D eigenvalue weighted by Gasteiger charge is -2.06. The first-order valence-corrected chi connectivity index (χ1v) is 3.76. The predicted octanol–water partition coefficient (Wildman–Crippen LogP) is 1.32. The van der Waals surface area contributed by atoms with Crippen molar-refractivity contribution < 1.29 is 14.7 Å². The van der Waals surface area contributed by atoms with Gasteiger partial charge in [-0.3, -0.25) is 4.79 Å². The highest BCUT2D eigenvalue weighted by molar-refractivity contribution is 5.86. The number of carbonyl (C=O) groups is 2. The Morgan fingerprint density at radius 1 is 1.45 bits per heavy atom. The minimum Gasteiger partial charge on any atom is -0.481 e. The topological polar surface area (TPSA) is 54.4 Å². The van der Waals surface area contributed by atoms with Crippen molar-refractivity contribution in [1.29, 1.82) is 0 Å². The zero-order chi connectivity index (χ0) is 8.85. The maximum atomic E-state index is 10.3. The molecule has 0 saturated carbocycles. The van der Waals surface area contributed by atoms with E-state index < -0.39 is 11.9 Å². The first-order valence-electron chi connectivity index (χ1n) is 3.76. The van der Waals surface area contributed by atoms with Gasteiger partial charge in [-0.25, -0.2) is 0 Å². The molecule has 1 unspecified atom stereocenters. The molecule has 0 aliphatic carbocycles. The van der Waals surface area contributed by atoms with E-state index >= 15 is 0 Å². The Hall–Kier alpha value is -0.860. The van der Waals surface area contributed by atoms with Gasteiger partial charge in [-0.05, 0) is 18.8 Å². The number of aliphatic carboxylic acids is 1. The van der Waals surface area contributed by atoms with E-state index in [1.54, 1.807) is 0 Å². The molecule has 0 spiro atoms. The standard InChI is InChI=1S/C8H14O3/c1-6(2)3-4-7(5-9)8(10)11/h5-7H,3-4H2,1-2H3,(H,10,11). The van der Waals surface area contributed by atoms with Crippen LogP contribution in [0.4, 0.5) is 0 Å². The van der Waals surface area contributed by atoms with Crippen molar-refractivity contribution in [2.75, 3.05) is 0 Å². The molecule has 0 bridgehead atoms. The van der Waals surface area contributed by atoms with Gasteiger partial charge in [0.1, 0.15) is 12.2 Å². The molecule has 0 aliphatic rings. The van der Waals surface area contributed by atoms with Crippen molar-refractivity contribution in [3.05, 3.63) is 0 Å². The quantitative estimate of drug-likeness (QED) is 0.485. The van der Waals surface area contributed by atoms with E-state index in [1.807, 2.05) is 13.8 Å². The Morgan fingerprint density at radius 2 is 2.00 bits per heavy atom. The fourth-order valence-electron chi connectivity index (χ4n) is 0.763. The molecule has 3 nitrogen and oxygen atoms in total. The Labute approximate surface area is 66.4 Å². The van der Waals surface area contributed by atoms with Crippen molar-refractivity contribution in [2.45, 2.75) is 26.7 Å². The summed E-state index contributed by atoms with van der Waals surface area (Å²) < 4.78 is 0. The average Bonchev–Trinajstić information content (AvgIpc) is 1.87. The van der Waals surface area contributed by atoms with Crippen LogP contribution in [-0.2, 0) is 9.59 Å². The SMILES string of the molecule is CC(C)CCC(C=O)C(=O)O. The van der Waals surface area contributed by atoms with Crippen molar-refractivity contribution >= 4 is 12.3 Å². The smallest absolute Gasteiger partial charge is 0.313 e. The molecule has 0 aromatic rings. The Morgan fingerprint density at radius 3 is 2.27 bits per heavy atom. The fraction of sp³-hybridized carbons (Fsp3) is 0.750. The molecule has 0 aliphatic heterocycles. The second kappa shape index (κ2) is 4.88. The molecule has 64 valence electrons. The van der Waals surface area contributed by atoms with Crippen LogP contribution < -0.4 is 0 Å². The van der Waals surface area contributed by atoms with E-state index in [4.69, 9.17) is 5.11 Å². The van der Waals surface area contributed by atoms with Crippen LogP contribution in [0.5, 0.6) is 0 Å². The largest absolute Gasteiger partial charge is 0.481 e. The van der Waals surface area contributed by atoms with Gasteiger partial charge in [0.15, 0.2) is 0 Å². The summed E-state index contributed by atoms with van der Waals surface area (Å²) in [7, 11) is 0. The summed E-state index contributed by atoms with van der Waals surface area (Å²) in [5.74, 6) is -1.37. The van der Waals surface area contributed by atoms with Crippen LogP contribution >= 0.6 is 0 Å². The van der Waals surface area contributed by atoms with Gasteiger partial charge in [0, 0.05) is 0 Å². The van der Waals surface area contributed by atoms with Gasteiger partial charge in [-0.1, -0.05) is 13.8 Å². The highest BCUT2D eigenvalue weighted by atomic mass is 16.4. The Bertz CT molecular complexity index is 140. The minimum atomic E-state index is -1.01. The third kappa shape index (κ3) is 4.53. The average molecular weight is 158 g/mol. The van der Waals surface area contributed by atoms with E-state index in [-0.39, 0.29) is 0 Å². The molecule has 0 heterocycles. The van der Waals surface area contributed by atoms with Crippen LogP contribution in [0.1, 0.15) is 26.7 Å². The van der Waals surface area contributed by atoms with Gasteiger partial charge in [0.05, 0.1) is 0 Å². The lowest BCUT2D eigenvalue weighted by molar-refractivity contribution is -0.143. The lowest BCUT2D eigenvalue weighted by Crippen LogP contribution is -2.15. The van der Waals surface area contributed by atoms with E-state index in [0.717, 1.165) is 6.42 Å². The van der Waals surface area contributed by atoms with Crippen LogP contribution in [0.15, 0.2) is 0 Å². The van der Waals surface area contributed by atoms with Crippen molar-refractivity contribution in [2.24, 2.45) is 11.8 Å². The van der Waals surface area contributed by atoms with E-state index in [9.17, 15) is 9.59 Å². The Balaban J connectivity index is 3.70. The summed E-state index contributed by atoms with van der Waals surface area (Å²) in [5, 5.41) is 8.45. The first-order chi connectivity index (χ1) is 5.07. The molecule has 0 aromatic carbocycles. The molecule has 0 radical (unpaired) electrons. The van der Waals surface area contributed by atoms with Crippen LogP contribution in [0.25, 0.3) is 0 Å². The second-order valence-corrected chi connectivity index (χ2v) is 3.05. The fourth-order valence-corrected chi connectivity index (χ4v) is 0.763. The second-order valence-electron chi connectivity index (χ2n) is 3.05. The van der Waals surface area contributed by atoms with Gasteiger partial charge in [-0.15, -0.1) is 0 Å². The van der Waals surface area contributed by atoms with Gasteiger partial charge in [-0.2, -0.15) is 0 Å². The molecule has 11 heavy (non-hydrogen) atoms. The molecule has 0 rings (SSSR count). The summed E-state index contributed by atoms with van der Waals surface area (Å²) >= 11 is 0. The molecular formula is C8H14O3. The molecule has 0 fully saturated rings.